The van der Waals surface area contributed by atoms with E-state index < -0.39 is 0 Å². The molecule has 0 fully saturated rings. The van der Waals surface area contributed by atoms with Gasteiger partial charge in [0.25, 0.3) is 11.1 Å². The Bertz CT molecular complexity index is 2710. The Morgan fingerprint density at radius 3 is 1.77 bits per heavy atom. The molecule has 0 saturated heterocycles. The zero-order valence-electron chi connectivity index (χ0n) is 31.7. The number of fused-ring (bicyclic) bond motifs is 4. The van der Waals surface area contributed by atoms with E-state index in [1.807, 2.05) is 80.6 Å². The number of nitrogens with one attached hydrogen (secondary N) is 1. The monoisotopic (exact) mass is 817 g/mol. The van der Waals surface area contributed by atoms with Gasteiger partial charge in [0.05, 0.1) is 38.7 Å². The van der Waals surface area contributed by atoms with Crippen molar-refractivity contribution >= 4 is 37.7 Å². The van der Waals surface area contributed by atoms with Gasteiger partial charge in [-0.25, -0.2) is 19.9 Å². The zero-order chi connectivity index (χ0) is 40.1. The van der Waals surface area contributed by atoms with Crippen LogP contribution in [0.15, 0.2) is 94.8 Å². The van der Waals surface area contributed by atoms with Crippen LogP contribution >= 0.6 is 15.9 Å². The summed E-state index contributed by atoms with van der Waals surface area (Å²) in [6.07, 6.45) is 9.70. The molecule has 0 spiro atoms. The summed E-state index contributed by atoms with van der Waals surface area (Å²) in [5.41, 5.74) is 4.41. The highest BCUT2D eigenvalue weighted by Gasteiger charge is 2.21. The summed E-state index contributed by atoms with van der Waals surface area (Å²) >= 11 is 3.14. The van der Waals surface area contributed by atoms with E-state index in [0.717, 1.165) is 48.0 Å². The van der Waals surface area contributed by atoms with E-state index >= 15 is 0 Å². The predicted molar refractivity (Wildman–Crippen MR) is 227 cm³/mol. The quantitative estimate of drug-likeness (QED) is 0.185. The molecule has 6 aromatic rings. The van der Waals surface area contributed by atoms with Gasteiger partial charge >= 0.3 is 0 Å². The minimum absolute atomic E-state index is 0.0305. The Morgan fingerprint density at radius 1 is 0.719 bits per heavy atom. The summed E-state index contributed by atoms with van der Waals surface area (Å²) in [6.45, 7) is 8.02. The van der Waals surface area contributed by atoms with Gasteiger partial charge in [-0.15, -0.1) is 6.42 Å². The Labute approximate surface area is 340 Å². The molecule has 11 nitrogen and oxygen atoms in total. The lowest BCUT2D eigenvalue weighted by Gasteiger charge is -2.21. The maximum Gasteiger partial charge on any atom is 0.261 e. The maximum absolute atomic E-state index is 13.0. The number of hydrogen-bond donors (Lipinski definition) is 1. The lowest BCUT2D eigenvalue weighted by Crippen LogP contribution is -2.35. The molecule has 57 heavy (non-hydrogen) atoms. The van der Waals surface area contributed by atoms with Crippen molar-refractivity contribution in [2.24, 2.45) is 0 Å². The molecule has 1 N–H and O–H groups in total. The van der Waals surface area contributed by atoms with Gasteiger partial charge in [-0.05, 0) is 86.4 Å². The molecule has 6 heterocycles. The van der Waals surface area contributed by atoms with Crippen molar-refractivity contribution < 1.29 is 0 Å². The first-order valence-electron chi connectivity index (χ1n) is 18.6. The van der Waals surface area contributed by atoms with E-state index in [0.29, 0.717) is 60.1 Å². The van der Waals surface area contributed by atoms with Gasteiger partial charge in [0.1, 0.15) is 23.0 Å². The number of benzene rings is 2. The smallest absolute Gasteiger partial charge is 0.261 e. The minimum Gasteiger partial charge on any atom is -0.315 e. The number of aromatic nitrogens is 6. The Kier molecular flexibility index (Phi) is 13.7. The van der Waals surface area contributed by atoms with Gasteiger partial charge in [0.15, 0.2) is 0 Å². The largest absolute Gasteiger partial charge is 0.315 e. The molecule has 2 aliphatic heterocycles. The fourth-order valence-electron chi connectivity index (χ4n) is 6.25. The molecular formula is C45H40BrN9O2. The highest BCUT2D eigenvalue weighted by atomic mass is 79.9. The first kappa shape index (κ1) is 40.3. The molecule has 2 atom stereocenters. The normalized spacial score (nSPS) is 14.3. The van der Waals surface area contributed by atoms with Crippen LogP contribution in [0.2, 0.25) is 0 Å². The van der Waals surface area contributed by atoms with Crippen molar-refractivity contribution in [1.29, 1.82) is 5.26 Å². The van der Waals surface area contributed by atoms with Gasteiger partial charge in [-0.2, -0.15) is 5.26 Å². The lowest BCUT2D eigenvalue weighted by atomic mass is 10.1. The molecule has 0 bridgehead atoms. The van der Waals surface area contributed by atoms with Crippen LogP contribution in [0.5, 0.6) is 0 Å². The van der Waals surface area contributed by atoms with Crippen molar-refractivity contribution in [3.8, 4) is 42.1 Å². The van der Waals surface area contributed by atoms with Crippen LogP contribution in [0.4, 0.5) is 0 Å². The molecule has 4 aromatic heterocycles. The van der Waals surface area contributed by atoms with Gasteiger partial charge < -0.3 is 5.32 Å². The maximum atomic E-state index is 13.0. The summed E-state index contributed by atoms with van der Waals surface area (Å²) in [6, 6.07) is 24.4. The number of nitrogens with zero attached hydrogens (tertiary/aromatic N) is 8. The summed E-state index contributed by atoms with van der Waals surface area (Å²) in [5, 5.41) is 13.7. The van der Waals surface area contributed by atoms with Gasteiger partial charge in [-0.1, -0.05) is 45.8 Å². The van der Waals surface area contributed by atoms with Gasteiger partial charge in [-0.3, -0.25) is 23.6 Å². The van der Waals surface area contributed by atoms with Crippen LogP contribution in [0, 0.1) is 47.4 Å². The number of hydrogen-bond acceptors (Lipinski definition) is 9. The highest BCUT2D eigenvalue weighted by Crippen LogP contribution is 2.15. The second-order valence-electron chi connectivity index (χ2n) is 13.2. The summed E-state index contributed by atoms with van der Waals surface area (Å²) < 4.78 is 3.52. The standard InChI is InChI=1S/C22H19N5O.C19H16N4O.C4H5Br/c1-16(15-23)26-11-9-21-25-20-14-17(5-7-18-4-2-3-10-24-18)6-8-19(20)22(28)27(21)13-12-26;24-19-16-7-5-14(4-6-15-3-1-2-9-21-15)13-17(16)22-18-8-10-20-11-12-23(18)19;1-3-4(2)5/h2-4,6,8,10,14,16H,9,11-13H2,1H3;1-3,5,7,9,13,20H,8,10-12H2;1,4H,2H3. The number of nitriles is 1. The highest BCUT2D eigenvalue weighted by molar-refractivity contribution is 9.09. The van der Waals surface area contributed by atoms with Crippen molar-refractivity contribution in [3.05, 3.63) is 140 Å². The fraction of sp³-hybridized carbons (Fsp3) is 0.267. The van der Waals surface area contributed by atoms with E-state index in [-0.39, 0.29) is 22.0 Å². The molecule has 2 aliphatic rings. The molecule has 8 rings (SSSR count). The van der Waals surface area contributed by atoms with Crippen LogP contribution in [0.1, 0.15) is 48.0 Å². The number of pyridine rings is 2. The van der Waals surface area contributed by atoms with E-state index in [4.69, 9.17) is 16.4 Å². The van der Waals surface area contributed by atoms with Crippen molar-refractivity contribution in [2.45, 2.75) is 50.6 Å². The average Bonchev–Trinajstić information content (AvgIpc) is 3.62. The lowest BCUT2D eigenvalue weighted by molar-refractivity contribution is 0.251. The van der Waals surface area contributed by atoms with E-state index in [1.54, 1.807) is 27.6 Å². The van der Waals surface area contributed by atoms with E-state index in [1.165, 1.54) is 0 Å². The topological polar surface area (TPSA) is 135 Å². The molecule has 0 saturated carbocycles. The first-order valence-corrected chi connectivity index (χ1v) is 19.5. The van der Waals surface area contributed by atoms with Crippen LogP contribution in [-0.2, 0) is 25.9 Å². The molecule has 0 radical (unpaired) electrons. The number of halogens is 1. The third-order valence-electron chi connectivity index (χ3n) is 9.30. The Hall–Kier alpha value is -6.41. The third kappa shape index (κ3) is 10.5. The second kappa shape index (κ2) is 19.4. The molecular weight excluding hydrogens is 778 g/mol. The third-order valence-corrected chi connectivity index (χ3v) is 9.57. The SMILES string of the molecule is C#CC(C)Br.CC(C#N)N1CCc2nc3cc(C#Cc4ccccn4)ccc3c(=O)n2CC1.O=c1c2ccc(C#Cc3ccccn3)cc2nc2n1CCNCC2. The summed E-state index contributed by atoms with van der Waals surface area (Å²) in [7, 11) is 0. The van der Waals surface area contributed by atoms with Crippen LogP contribution in [0.25, 0.3) is 21.8 Å². The zero-order valence-corrected chi connectivity index (χ0v) is 33.3. The van der Waals surface area contributed by atoms with E-state index in [2.05, 4.69) is 71.8 Å². The van der Waals surface area contributed by atoms with Crippen molar-refractivity contribution in [3.63, 3.8) is 0 Å². The summed E-state index contributed by atoms with van der Waals surface area (Å²) in [4.78, 5) is 45.8. The molecule has 0 aliphatic carbocycles. The van der Waals surface area contributed by atoms with Gasteiger partial charge in [0, 0.05) is 75.6 Å². The molecule has 2 unspecified atom stereocenters. The average molecular weight is 819 g/mol. The second-order valence-corrected chi connectivity index (χ2v) is 14.6. The van der Waals surface area contributed by atoms with Crippen molar-refractivity contribution in [1.82, 2.24) is 39.3 Å². The molecule has 12 heteroatoms. The predicted octanol–water partition coefficient (Wildman–Crippen LogP) is 4.70. The first-order chi connectivity index (χ1) is 27.7. The van der Waals surface area contributed by atoms with Crippen LogP contribution < -0.4 is 16.4 Å². The number of rotatable bonds is 1. The van der Waals surface area contributed by atoms with Crippen LogP contribution in [-0.4, -0.2) is 71.0 Å². The van der Waals surface area contributed by atoms with Gasteiger partial charge in [0.2, 0.25) is 0 Å². The van der Waals surface area contributed by atoms with E-state index in [9.17, 15) is 14.9 Å². The minimum atomic E-state index is -0.173. The van der Waals surface area contributed by atoms with Crippen molar-refractivity contribution in [2.75, 3.05) is 26.2 Å². The Morgan fingerprint density at radius 2 is 1.26 bits per heavy atom. The van der Waals surface area contributed by atoms with Crippen LogP contribution in [0.3, 0.4) is 0 Å². The molecule has 2 aromatic carbocycles. The fourth-order valence-corrected chi connectivity index (χ4v) is 6.25. The Balaban J connectivity index is 0.000000174. The number of terminal acetylenes is 1. The summed E-state index contributed by atoms with van der Waals surface area (Å²) in [5.74, 6) is 16.3. The molecule has 284 valence electrons. The molecule has 0 amide bonds. The number of alkyl halides is 1.